The molecule has 9 heteroatoms. The van der Waals surface area contributed by atoms with Crippen LogP contribution in [0.25, 0.3) is 0 Å². The summed E-state index contributed by atoms with van der Waals surface area (Å²) in [4.78, 5) is 0. The summed E-state index contributed by atoms with van der Waals surface area (Å²) in [6, 6.07) is 3.98. The van der Waals surface area contributed by atoms with Gasteiger partial charge in [-0.15, -0.1) is 0 Å². The van der Waals surface area contributed by atoms with Crippen molar-refractivity contribution >= 4 is 33.3 Å². The lowest BCUT2D eigenvalue weighted by molar-refractivity contribution is -0.0569. The Labute approximate surface area is 112 Å². The Morgan fingerprint density at radius 2 is 1.83 bits per heavy atom. The molecule has 0 aliphatic carbocycles. The van der Waals surface area contributed by atoms with E-state index in [1.54, 1.807) is 0 Å². The van der Waals surface area contributed by atoms with E-state index in [1.165, 1.54) is 18.2 Å². The highest BCUT2D eigenvalue weighted by Gasteiger charge is 2.48. The maximum atomic E-state index is 12.1. The van der Waals surface area contributed by atoms with Crippen LogP contribution in [0.4, 0.5) is 13.2 Å². The molecule has 0 aliphatic rings. The van der Waals surface area contributed by atoms with Gasteiger partial charge < -0.3 is 0 Å². The molecule has 0 amide bonds. The molecule has 0 aliphatic heterocycles. The highest BCUT2D eigenvalue weighted by atomic mass is 35.5. The topological polar surface area (TPSA) is 43.4 Å². The van der Waals surface area contributed by atoms with Crippen molar-refractivity contribution in [1.82, 2.24) is 0 Å². The lowest BCUT2D eigenvalue weighted by Gasteiger charge is -2.16. The van der Waals surface area contributed by atoms with E-state index in [1.807, 2.05) is 0 Å². The van der Waals surface area contributed by atoms with Crippen LogP contribution < -0.4 is 0 Å². The van der Waals surface area contributed by atoms with Gasteiger partial charge in [0.2, 0.25) is 0 Å². The third-order valence-corrected chi connectivity index (χ3v) is 3.64. The molecular weight excluding hydrogens is 316 g/mol. The maximum absolute atomic E-state index is 12.1. The van der Waals surface area contributed by atoms with E-state index in [-0.39, 0.29) is 15.6 Å². The van der Waals surface area contributed by atoms with Gasteiger partial charge in [-0.3, -0.25) is 4.18 Å². The third kappa shape index (κ3) is 3.50. The zero-order chi connectivity index (χ0) is 14.1. The number of benzene rings is 1. The van der Waals surface area contributed by atoms with Gasteiger partial charge in [0, 0.05) is 15.6 Å². The van der Waals surface area contributed by atoms with E-state index >= 15 is 0 Å². The fraction of sp³-hybridized carbons (Fsp3) is 0.333. The minimum absolute atomic E-state index is 0.0528. The molecule has 0 aromatic heterocycles. The van der Waals surface area contributed by atoms with Crippen LogP contribution in [0.3, 0.4) is 0 Å². The molecule has 0 N–H and O–H groups in total. The van der Waals surface area contributed by atoms with E-state index in [9.17, 15) is 21.6 Å². The average Bonchev–Trinajstić information content (AvgIpc) is 2.19. The Kier molecular flexibility index (Phi) is 4.53. The molecule has 1 rings (SSSR count). The van der Waals surface area contributed by atoms with Gasteiger partial charge >= 0.3 is 15.6 Å². The summed E-state index contributed by atoms with van der Waals surface area (Å²) in [5.74, 6) is 0. The van der Waals surface area contributed by atoms with E-state index < -0.39 is 21.7 Å². The number of halogens is 5. The molecule has 0 saturated heterocycles. The van der Waals surface area contributed by atoms with Crippen LogP contribution in [-0.2, 0) is 14.3 Å². The van der Waals surface area contributed by atoms with E-state index in [2.05, 4.69) is 4.18 Å². The molecule has 0 fully saturated rings. The first-order valence-corrected chi connectivity index (χ1v) is 6.65. The first-order chi connectivity index (χ1) is 8.04. The van der Waals surface area contributed by atoms with Crippen molar-refractivity contribution in [1.29, 1.82) is 0 Å². The lowest BCUT2D eigenvalue weighted by atomic mass is 10.1. The molecule has 0 spiro atoms. The molecule has 3 nitrogen and oxygen atoms in total. The molecule has 102 valence electrons. The highest BCUT2D eigenvalue weighted by molar-refractivity contribution is 7.87. The highest BCUT2D eigenvalue weighted by Crippen LogP contribution is 2.33. The largest absolute Gasteiger partial charge is 0.523 e. The molecule has 1 unspecified atom stereocenters. The van der Waals surface area contributed by atoms with Crippen molar-refractivity contribution in [2.75, 3.05) is 0 Å². The molecule has 1 atom stereocenters. The van der Waals surface area contributed by atoms with Crippen LogP contribution in [0.5, 0.6) is 0 Å². The zero-order valence-electron chi connectivity index (χ0n) is 8.83. The zero-order valence-corrected chi connectivity index (χ0v) is 11.2. The molecule has 1 aromatic carbocycles. The Hall–Kier alpha value is -0.500. The molecule has 18 heavy (non-hydrogen) atoms. The van der Waals surface area contributed by atoms with Crippen LogP contribution in [0.15, 0.2) is 18.2 Å². The van der Waals surface area contributed by atoms with E-state index in [0.29, 0.717) is 0 Å². The molecule has 0 bridgehead atoms. The molecule has 0 saturated carbocycles. The Morgan fingerprint density at radius 1 is 1.28 bits per heavy atom. The third-order valence-electron chi connectivity index (χ3n) is 1.95. The van der Waals surface area contributed by atoms with Crippen LogP contribution in [0.2, 0.25) is 10.0 Å². The summed E-state index contributed by atoms with van der Waals surface area (Å²) in [5.41, 5.74) is -5.43. The van der Waals surface area contributed by atoms with Crippen molar-refractivity contribution in [3.05, 3.63) is 33.8 Å². The van der Waals surface area contributed by atoms with Crippen LogP contribution in [0, 0.1) is 0 Å². The van der Waals surface area contributed by atoms with Crippen LogP contribution in [0.1, 0.15) is 18.6 Å². The summed E-state index contributed by atoms with van der Waals surface area (Å²) in [6.45, 7) is 1.13. The van der Waals surface area contributed by atoms with Crippen molar-refractivity contribution in [3.63, 3.8) is 0 Å². The molecule has 0 heterocycles. The van der Waals surface area contributed by atoms with E-state index in [0.717, 1.165) is 6.92 Å². The van der Waals surface area contributed by atoms with Gasteiger partial charge in [0.15, 0.2) is 0 Å². The summed E-state index contributed by atoms with van der Waals surface area (Å²) < 4.78 is 62.0. The van der Waals surface area contributed by atoms with Crippen molar-refractivity contribution in [2.45, 2.75) is 18.5 Å². The second kappa shape index (κ2) is 5.24. The van der Waals surface area contributed by atoms with Gasteiger partial charge in [-0.1, -0.05) is 23.2 Å². The first-order valence-electron chi connectivity index (χ1n) is 4.49. The second-order valence-electron chi connectivity index (χ2n) is 3.30. The summed E-state index contributed by atoms with van der Waals surface area (Å²) >= 11 is 11.4. The van der Waals surface area contributed by atoms with Gasteiger partial charge in [0.05, 0.1) is 0 Å². The Bertz CT molecular complexity index is 542. The van der Waals surface area contributed by atoms with Gasteiger partial charge in [0.25, 0.3) is 0 Å². The number of rotatable bonds is 3. The lowest BCUT2D eigenvalue weighted by Crippen LogP contribution is -2.26. The number of hydrogen-bond acceptors (Lipinski definition) is 3. The smallest absolute Gasteiger partial charge is 0.255 e. The minimum atomic E-state index is -5.68. The number of hydrogen-bond donors (Lipinski definition) is 0. The first kappa shape index (κ1) is 15.6. The standard InChI is InChI=1S/C9H7Cl2F3O3S/c1-5(17-18(15,16)9(12,13)14)7-4-6(10)2-3-8(7)11/h2-5H,1H3. The summed E-state index contributed by atoms with van der Waals surface area (Å²) in [6.07, 6.45) is -1.40. The van der Waals surface area contributed by atoms with Crippen molar-refractivity contribution in [3.8, 4) is 0 Å². The molecule has 1 aromatic rings. The average molecular weight is 323 g/mol. The Morgan fingerprint density at radius 3 is 2.33 bits per heavy atom. The van der Waals surface area contributed by atoms with Gasteiger partial charge in [-0.25, -0.2) is 0 Å². The molecule has 0 radical (unpaired) electrons. The molecular formula is C9H7Cl2F3O3S. The summed E-state index contributed by atoms with van der Waals surface area (Å²) in [7, 11) is -5.68. The minimum Gasteiger partial charge on any atom is -0.255 e. The van der Waals surface area contributed by atoms with Crippen LogP contribution in [-0.4, -0.2) is 13.9 Å². The quantitative estimate of drug-likeness (QED) is 0.625. The monoisotopic (exact) mass is 322 g/mol. The predicted octanol–water partition coefficient (Wildman–Crippen LogP) is 3.92. The summed E-state index contributed by atoms with van der Waals surface area (Å²) in [5, 5.41) is 0.263. The Balaban J connectivity index is 3.03. The second-order valence-corrected chi connectivity index (χ2v) is 5.71. The van der Waals surface area contributed by atoms with Gasteiger partial charge in [-0.05, 0) is 25.1 Å². The maximum Gasteiger partial charge on any atom is 0.523 e. The van der Waals surface area contributed by atoms with Gasteiger partial charge in [-0.2, -0.15) is 21.6 Å². The number of alkyl halides is 3. The van der Waals surface area contributed by atoms with Crippen molar-refractivity contribution < 1.29 is 25.8 Å². The predicted molar refractivity (Wildman–Crippen MR) is 60.9 cm³/mol. The SMILES string of the molecule is CC(OS(=O)(=O)C(F)(F)F)c1cc(Cl)ccc1Cl. The van der Waals surface area contributed by atoms with E-state index in [4.69, 9.17) is 23.2 Å². The fourth-order valence-electron chi connectivity index (χ4n) is 1.12. The van der Waals surface area contributed by atoms with Crippen molar-refractivity contribution in [2.24, 2.45) is 0 Å². The van der Waals surface area contributed by atoms with Gasteiger partial charge in [0.1, 0.15) is 6.10 Å². The fourth-order valence-corrected chi connectivity index (χ4v) is 2.17. The normalized spacial score (nSPS) is 14.6. The van der Waals surface area contributed by atoms with Crippen LogP contribution >= 0.6 is 23.2 Å².